The lowest BCUT2D eigenvalue weighted by Gasteiger charge is -2.20. The minimum Gasteiger partial charge on any atom is -0.346 e. The second-order valence-electron chi connectivity index (χ2n) is 7.55. The molecule has 0 aliphatic heterocycles. The summed E-state index contributed by atoms with van der Waals surface area (Å²) in [6, 6.07) is 16.1. The van der Waals surface area contributed by atoms with Crippen molar-refractivity contribution in [3.05, 3.63) is 82.2 Å². The largest absolute Gasteiger partial charge is 0.346 e. The number of carbonyl (C=O) groups is 1. The number of fused-ring (bicyclic) bond motifs is 1. The molecule has 2 N–H and O–H groups in total. The maximum Gasteiger partial charge on any atom is 0.271 e. The third-order valence-corrected chi connectivity index (χ3v) is 8.16. The molecule has 0 spiro atoms. The van der Waals surface area contributed by atoms with Gasteiger partial charge in [-0.15, -0.1) is 11.3 Å². The fraction of sp³-hybridized carbons (Fsp3) is 0.261. The summed E-state index contributed by atoms with van der Waals surface area (Å²) < 4.78 is 27.4. The van der Waals surface area contributed by atoms with Gasteiger partial charge >= 0.3 is 0 Å². The van der Waals surface area contributed by atoms with Crippen LogP contribution in [-0.2, 0) is 22.9 Å². The van der Waals surface area contributed by atoms with Gasteiger partial charge in [0.05, 0.1) is 6.04 Å². The number of carbonyl (C=O) groups excluding carboxylic acids is 1. The van der Waals surface area contributed by atoms with Crippen LogP contribution in [0.1, 0.15) is 52.9 Å². The Bertz CT molecular complexity index is 1140. The summed E-state index contributed by atoms with van der Waals surface area (Å²) in [5.74, 6) is -0.187. The molecule has 0 fully saturated rings. The second-order valence-corrected chi connectivity index (χ2v) is 10.4. The maximum absolute atomic E-state index is 12.7. The number of sulfonamides is 1. The average molecular weight is 441 g/mol. The van der Waals surface area contributed by atoms with E-state index in [0.29, 0.717) is 11.3 Å². The van der Waals surface area contributed by atoms with Crippen LogP contribution in [0.5, 0.6) is 0 Å². The van der Waals surface area contributed by atoms with Gasteiger partial charge in [0.1, 0.15) is 4.21 Å². The lowest BCUT2D eigenvalue weighted by atomic mass is 9.89. The molecule has 0 saturated heterocycles. The van der Waals surface area contributed by atoms with Crippen molar-refractivity contribution in [1.82, 2.24) is 5.32 Å². The summed E-state index contributed by atoms with van der Waals surface area (Å²) in [5.41, 5.74) is 4.82. The van der Waals surface area contributed by atoms with Gasteiger partial charge in [-0.3, -0.25) is 9.52 Å². The Hall–Kier alpha value is -2.64. The fourth-order valence-corrected chi connectivity index (χ4v) is 5.75. The molecule has 4 rings (SSSR count). The molecule has 5 nitrogen and oxygen atoms in total. The van der Waals surface area contributed by atoms with E-state index in [1.807, 2.05) is 6.92 Å². The molecular formula is C23H24N2O3S2. The second kappa shape index (κ2) is 8.62. The number of anilines is 1. The molecule has 156 valence electrons. The third-order valence-electron chi connectivity index (χ3n) is 5.38. The van der Waals surface area contributed by atoms with Crippen LogP contribution in [0.4, 0.5) is 5.69 Å². The first kappa shape index (κ1) is 20.6. The number of hydrogen-bond acceptors (Lipinski definition) is 4. The highest BCUT2D eigenvalue weighted by Crippen LogP contribution is 2.25. The molecule has 1 aromatic heterocycles. The summed E-state index contributed by atoms with van der Waals surface area (Å²) in [7, 11) is -3.60. The van der Waals surface area contributed by atoms with E-state index < -0.39 is 10.0 Å². The number of nitrogens with one attached hydrogen (secondary N) is 2. The van der Waals surface area contributed by atoms with Gasteiger partial charge in [-0.25, -0.2) is 8.42 Å². The summed E-state index contributed by atoms with van der Waals surface area (Å²) in [6.45, 7) is 1.98. The van der Waals surface area contributed by atoms with E-state index in [4.69, 9.17) is 0 Å². The molecular weight excluding hydrogens is 416 g/mol. The molecule has 7 heteroatoms. The predicted molar refractivity (Wildman–Crippen MR) is 121 cm³/mol. The predicted octanol–water partition coefficient (Wildman–Crippen LogP) is 4.92. The van der Waals surface area contributed by atoms with Gasteiger partial charge in [-0.2, -0.15) is 0 Å². The fourth-order valence-electron chi connectivity index (χ4n) is 3.70. The van der Waals surface area contributed by atoms with Crippen LogP contribution < -0.4 is 10.0 Å². The average Bonchev–Trinajstić information content (AvgIpc) is 3.29. The highest BCUT2D eigenvalue weighted by molar-refractivity contribution is 7.94. The SMILES string of the molecule is C[C@H](NC(=O)c1ccc(NS(=O)(=O)c2cccs2)cc1)c1ccc2c(c1)CCCC2. The Morgan fingerprint density at radius 2 is 1.73 bits per heavy atom. The van der Waals surface area contributed by atoms with Crippen molar-refractivity contribution in [3.8, 4) is 0 Å². The standard InChI is InChI=1S/C23H24N2O3S2/c1-16(19-9-8-17-5-2-3-6-20(17)15-19)24-23(26)18-10-12-21(13-11-18)25-30(27,28)22-7-4-14-29-22/h4,7-16,25H,2-3,5-6H2,1H3,(H,24,26)/t16-/m0/s1. The summed E-state index contributed by atoms with van der Waals surface area (Å²) in [4.78, 5) is 12.7. The van der Waals surface area contributed by atoms with Gasteiger partial charge in [0, 0.05) is 11.3 Å². The van der Waals surface area contributed by atoms with E-state index in [1.54, 1.807) is 41.8 Å². The molecule has 30 heavy (non-hydrogen) atoms. The molecule has 0 radical (unpaired) electrons. The van der Waals surface area contributed by atoms with Crippen LogP contribution in [0.2, 0.25) is 0 Å². The first-order chi connectivity index (χ1) is 14.4. The van der Waals surface area contributed by atoms with E-state index >= 15 is 0 Å². The van der Waals surface area contributed by atoms with Gasteiger partial charge < -0.3 is 5.32 Å². The molecule has 2 aromatic carbocycles. The van der Waals surface area contributed by atoms with Crippen molar-refractivity contribution in [2.75, 3.05) is 4.72 Å². The van der Waals surface area contributed by atoms with Gasteiger partial charge in [0.15, 0.2) is 0 Å². The van der Waals surface area contributed by atoms with Gasteiger partial charge in [-0.05, 0) is 85.0 Å². The maximum atomic E-state index is 12.7. The zero-order chi connectivity index (χ0) is 21.1. The number of benzene rings is 2. The first-order valence-corrected chi connectivity index (χ1v) is 12.4. The minimum atomic E-state index is -3.60. The van der Waals surface area contributed by atoms with Gasteiger partial charge in [-0.1, -0.05) is 24.3 Å². The Labute approximate surface area is 181 Å². The highest BCUT2D eigenvalue weighted by Gasteiger charge is 2.17. The van der Waals surface area contributed by atoms with E-state index in [-0.39, 0.29) is 16.2 Å². The Balaban J connectivity index is 1.41. The zero-order valence-electron chi connectivity index (χ0n) is 16.7. The topological polar surface area (TPSA) is 75.3 Å². The molecule has 1 atom stereocenters. The summed E-state index contributed by atoms with van der Waals surface area (Å²) in [6.07, 6.45) is 4.71. The number of amides is 1. The quantitative estimate of drug-likeness (QED) is 0.571. The molecule has 1 aliphatic carbocycles. The van der Waals surface area contributed by atoms with E-state index in [0.717, 1.165) is 29.7 Å². The lowest BCUT2D eigenvalue weighted by molar-refractivity contribution is 0.0940. The molecule has 1 amide bonds. The van der Waals surface area contributed by atoms with Crippen molar-refractivity contribution in [2.45, 2.75) is 42.9 Å². The van der Waals surface area contributed by atoms with Crippen molar-refractivity contribution < 1.29 is 13.2 Å². The Morgan fingerprint density at radius 3 is 2.43 bits per heavy atom. The smallest absolute Gasteiger partial charge is 0.271 e. The Morgan fingerprint density at radius 1 is 1.00 bits per heavy atom. The molecule has 3 aromatic rings. The molecule has 1 heterocycles. The number of thiophene rings is 1. The van der Waals surface area contributed by atoms with Gasteiger partial charge in [0.2, 0.25) is 0 Å². The van der Waals surface area contributed by atoms with Crippen LogP contribution >= 0.6 is 11.3 Å². The number of rotatable bonds is 6. The van der Waals surface area contributed by atoms with E-state index in [9.17, 15) is 13.2 Å². The molecule has 1 aliphatic rings. The van der Waals surface area contributed by atoms with Crippen LogP contribution in [-0.4, -0.2) is 14.3 Å². The zero-order valence-corrected chi connectivity index (χ0v) is 18.4. The van der Waals surface area contributed by atoms with Crippen molar-refractivity contribution in [3.63, 3.8) is 0 Å². The van der Waals surface area contributed by atoms with Crippen LogP contribution in [0.15, 0.2) is 64.2 Å². The van der Waals surface area contributed by atoms with Crippen molar-refractivity contribution in [1.29, 1.82) is 0 Å². The lowest BCUT2D eigenvalue weighted by Crippen LogP contribution is -2.26. The first-order valence-electron chi connectivity index (χ1n) is 10.0. The Kier molecular flexibility index (Phi) is 5.92. The summed E-state index contributed by atoms with van der Waals surface area (Å²) >= 11 is 1.16. The highest BCUT2D eigenvalue weighted by atomic mass is 32.2. The minimum absolute atomic E-state index is 0.110. The molecule has 0 saturated carbocycles. The third kappa shape index (κ3) is 4.57. The van der Waals surface area contributed by atoms with Crippen LogP contribution in [0, 0.1) is 0 Å². The van der Waals surface area contributed by atoms with E-state index in [1.165, 1.54) is 24.0 Å². The van der Waals surface area contributed by atoms with Crippen molar-refractivity contribution in [2.24, 2.45) is 0 Å². The number of hydrogen-bond donors (Lipinski definition) is 2. The summed E-state index contributed by atoms with van der Waals surface area (Å²) in [5, 5.41) is 4.75. The van der Waals surface area contributed by atoms with Gasteiger partial charge in [0.25, 0.3) is 15.9 Å². The van der Waals surface area contributed by atoms with Crippen LogP contribution in [0.25, 0.3) is 0 Å². The molecule has 0 bridgehead atoms. The van der Waals surface area contributed by atoms with Crippen molar-refractivity contribution >= 4 is 33.0 Å². The van der Waals surface area contributed by atoms with Crippen LogP contribution in [0.3, 0.4) is 0 Å². The monoisotopic (exact) mass is 440 g/mol. The molecule has 0 unspecified atom stereocenters. The normalized spacial score (nSPS) is 14.6. The van der Waals surface area contributed by atoms with E-state index in [2.05, 4.69) is 28.2 Å². The number of aryl methyl sites for hydroxylation is 2.